The molecule has 0 aliphatic heterocycles. The van der Waals surface area contributed by atoms with E-state index in [4.69, 9.17) is 0 Å². The van der Waals surface area contributed by atoms with Gasteiger partial charge in [-0.05, 0) is 23.3 Å². The zero-order chi connectivity index (χ0) is 19.4. The molecule has 0 fully saturated rings. The molecule has 2 rings (SSSR count). The second-order valence-electron chi connectivity index (χ2n) is 5.87. The minimum atomic E-state index is -0.157. The molecule has 0 unspecified atom stereocenters. The molecule has 0 aliphatic rings. The molecular formula is C22H31N2O2+. The number of aryl methyl sites for hydroxylation is 1. The number of hydrogen-bond donors (Lipinski definition) is 0. The van der Waals surface area contributed by atoms with Crippen LogP contribution >= 0.6 is 0 Å². The lowest BCUT2D eigenvalue weighted by molar-refractivity contribution is -0.697. The summed E-state index contributed by atoms with van der Waals surface area (Å²) in [5, 5.41) is 0. The van der Waals surface area contributed by atoms with Crippen molar-refractivity contribution in [2.45, 2.75) is 33.2 Å². The molecule has 0 spiro atoms. The maximum atomic E-state index is 11.1. The van der Waals surface area contributed by atoms with Crippen molar-refractivity contribution in [3.63, 3.8) is 0 Å². The van der Waals surface area contributed by atoms with Crippen LogP contribution in [0.1, 0.15) is 37.8 Å². The molecule has 0 radical (unpaired) electrons. The Morgan fingerprint density at radius 2 is 1.54 bits per heavy atom. The lowest BCUT2D eigenvalue weighted by Gasteiger charge is -2.11. The molecule has 1 aromatic heterocycles. The summed E-state index contributed by atoms with van der Waals surface area (Å²) in [6, 6.07) is 12.6. The van der Waals surface area contributed by atoms with Crippen molar-refractivity contribution in [1.82, 2.24) is 0 Å². The van der Waals surface area contributed by atoms with Crippen LogP contribution in [0.25, 0.3) is 12.2 Å². The highest BCUT2D eigenvalue weighted by atomic mass is 16.5. The zero-order valence-electron chi connectivity index (χ0n) is 16.6. The molecular weight excluding hydrogens is 324 g/mol. The van der Waals surface area contributed by atoms with Crippen LogP contribution in [0, 0.1) is 0 Å². The molecule has 4 nitrogen and oxygen atoms in total. The van der Waals surface area contributed by atoms with E-state index in [2.05, 4.69) is 62.8 Å². The molecule has 140 valence electrons. The molecule has 1 heterocycles. The first-order valence-corrected chi connectivity index (χ1v) is 9.10. The number of hydrogen-bond acceptors (Lipinski definition) is 3. The topological polar surface area (TPSA) is 33.4 Å². The normalized spacial score (nSPS) is 10.2. The highest BCUT2D eigenvalue weighted by Gasteiger charge is 2.04. The molecule has 26 heavy (non-hydrogen) atoms. The van der Waals surface area contributed by atoms with Crippen LogP contribution in [-0.4, -0.2) is 27.2 Å². The van der Waals surface area contributed by atoms with Gasteiger partial charge in [0.15, 0.2) is 12.4 Å². The predicted octanol–water partition coefficient (Wildman–Crippen LogP) is 4.19. The van der Waals surface area contributed by atoms with Crippen molar-refractivity contribution in [2.24, 2.45) is 0 Å². The standard InChI is InChI=1S/C20H25N2O2.C2H6/c1-21(2)19-10-8-17(9-11-19)6-7-18-12-15-22(16-13-18)14-4-5-20(23)24-3;1-2/h6-13,15-16H,4-5,14H2,1-3H3;1-2H3/q+1;. The van der Waals surface area contributed by atoms with E-state index in [0.717, 1.165) is 18.5 Å². The molecule has 0 bridgehead atoms. The van der Waals surface area contributed by atoms with Crippen LogP contribution in [0.4, 0.5) is 5.69 Å². The predicted molar refractivity (Wildman–Crippen MR) is 109 cm³/mol. The average Bonchev–Trinajstić information content (AvgIpc) is 2.69. The van der Waals surface area contributed by atoms with E-state index in [1.54, 1.807) is 0 Å². The maximum Gasteiger partial charge on any atom is 0.305 e. The molecule has 2 aromatic rings. The third-order valence-electron chi connectivity index (χ3n) is 3.82. The van der Waals surface area contributed by atoms with Crippen LogP contribution < -0.4 is 9.47 Å². The lowest BCUT2D eigenvalue weighted by atomic mass is 10.1. The second-order valence-corrected chi connectivity index (χ2v) is 5.87. The Morgan fingerprint density at radius 3 is 2.04 bits per heavy atom. The number of ether oxygens (including phenoxy) is 1. The number of benzene rings is 1. The minimum Gasteiger partial charge on any atom is -0.469 e. The number of pyridine rings is 1. The molecule has 0 saturated carbocycles. The van der Waals surface area contributed by atoms with Gasteiger partial charge in [0, 0.05) is 38.3 Å². The number of esters is 1. The summed E-state index contributed by atoms with van der Waals surface area (Å²) >= 11 is 0. The van der Waals surface area contributed by atoms with Gasteiger partial charge in [-0.1, -0.05) is 38.1 Å². The number of methoxy groups -OCH3 is 1. The van der Waals surface area contributed by atoms with E-state index in [1.807, 2.05) is 40.3 Å². The third kappa shape index (κ3) is 7.51. The number of carbonyl (C=O) groups is 1. The second kappa shape index (κ2) is 11.9. The highest BCUT2D eigenvalue weighted by molar-refractivity contribution is 5.70. The monoisotopic (exact) mass is 355 g/mol. The van der Waals surface area contributed by atoms with Gasteiger partial charge in [0.25, 0.3) is 0 Å². The zero-order valence-corrected chi connectivity index (χ0v) is 16.6. The van der Waals surface area contributed by atoms with Crippen molar-refractivity contribution >= 4 is 23.8 Å². The molecule has 0 saturated heterocycles. The molecule has 0 aliphatic carbocycles. The summed E-state index contributed by atoms with van der Waals surface area (Å²) < 4.78 is 6.72. The Bertz CT molecular complexity index is 674. The summed E-state index contributed by atoms with van der Waals surface area (Å²) in [5.41, 5.74) is 3.52. The van der Waals surface area contributed by atoms with Gasteiger partial charge < -0.3 is 9.64 Å². The molecule has 0 amide bonds. The van der Waals surface area contributed by atoms with E-state index in [-0.39, 0.29) is 5.97 Å². The van der Waals surface area contributed by atoms with E-state index >= 15 is 0 Å². The van der Waals surface area contributed by atoms with E-state index in [9.17, 15) is 4.79 Å². The van der Waals surface area contributed by atoms with Crippen molar-refractivity contribution < 1.29 is 14.1 Å². The minimum absolute atomic E-state index is 0.157. The SMILES string of the molecule is CC.COC(=O)CCC[n+]1ccc(/C=C/c2ccc(N(C)C)cc2)cc1. The van der Waals surface area contributed by atoms with E-state index in [1.165, 1.54) is 18.4 Å². The largest absolute Gasteiger partial charge is 0.469 e. The van der Waals surface area contributed by atoms with Gasteiger partial charge in [0.1, 0.15) is 6.54 Å². The summed E-state index contributed by atoms with van der Waals surface area (Å²) in [6.45, 7) is 4.81. The van der Waals surface area contributed by atoms with Gasteiger partial charge in [-0.3, -0.25) is 4.79 Å². The molecule has 0 atom stereocenters. The fourth-order valence-electron chi connectivity index (χ4n) is 2.31. The van der Waals surface area contributed by atoms with Gasteiger partial charge in [-0.2, -0.15) is 0 Å². The van der Waals surface area contributed by atoms with Crippen LogP contribution in [0.2, 0.25) is 0 Å². The first-order chi connectivity index (χ1) is 12.6. The Morgan fingerprint density at radius 1 is 1.00 bits per heavy atom. The van der Waals surface area contributed by atoms with Crippen LogP contribution in [0.3, 0.4) is 0 Å². The number of rotatable bonds is 7. The van der Waals surface area contributed by atoms with Crippen LogP contribution in [-0.2, 0) is 16.1 Å². The Labute approximate surface area is 157 Å². The third-order valence-corrected chi connectivity index (χ3v) is 3.82. The van der Waals surface area contributed by atoms with Crippen molar-refractivity contribution in [3.8, 4) is 0 Å². The Hall–Kier alpha value is -2.62. The quantitative estimate of drug-likeness (QED) is 0.551. The summed E-state index contributed by atoms with van der Waals surface area (Å²) in [4.78, 5) is 13.2. The number of anilines is 1. The Balaban J connectivity index is 0.00000163. The number of aromatic nitrogens is 1. The first kappa shape index (κ1) is 21.4. The maximum absolute atomic E-state index is 11.1. The fourth-order valence-corrected chi connectivity index (χ4v) is 2.31. The van der Waals surface area contributed by atoms with E-state index in [0.29, 0.717) is 6.42 Å². The van der Waals surface area contributed by atoms with E-state index < -0.39 is 0 Å². The smallest absolute Gasteiger partial charge is 0.305 e. The van der Waals surface area contributed by atoms with Crippen molar-refractivity contribution in [1.29, 1.82) is 0 Å². The van der Waals surface area contributed by atoms with Crippen molar-refractivity contribution in [2.75, 3.05) is 26.1 Å². The van der Waals surface area contributed by atoms with Gasteiger partial charge in [0.05, 0.1) is 13.5 Å². The molecule has 1 aromatic carbocycles. The highest BCUT2D eigenvalue weighted by Crippen LogP contribution is 2.14. The summed E-state index contributed by atoms with van der Waals surface area (Å²) in [7, 11) is 5.50. The number of carbonyl (C=O) groups excluding carboxylic acids is 1. The Kier molecular flexibility index (Phi) is 9.77. The summed E-state index contributed by atoms with van der Waals surface area (Å²) in [6.07, 6.45) is 9.51. The van der Waals surface area contributed by atoms with Gasteiger partial charge in [-0.15, -0.1) is 0 Å². The first-order valence-electron chi connectivity index (χ1n) is 9.10. The number of nitrogens with zero attached hydrogens (tertiary/aromatic N) is 2. The lowest BCUT2D eigenvalue weighted by Crippen LogP contribution is -2.32. The summed E-state index contributed by atoms with van der Waals surface area (Å²) in [5.74, 6) is -0.157. The van der Waals surface area contributed by atoms with Crippen molar-refractivity contribution in [3.05, 3.63) is 59.9 Å². The van der Waals surface area contributed by atoms with Gasteiger partial charge in [0.2, 0.25) is 0 Å². The van der Waals surface area contributed by atoms with Crippen LogP contribution in [0.5, 0.6) is 0 Å². The van der Waals surface area contributed by atoms with Crippen LogP contribution in [0.15, 0.2) is 48.8 Å². The average molecular weight is 356 g/mol. The fraction of sp³-hybridized carbons (Fsp3) is 0.364. The molecule has 4 heteroatoms. The molecule has 0 N–H and O–H groups in total. The van der Waals surface area contributed by atoms with Gasteiger partial charge >= 0.3 is 5.97 Å². The van der Waals surface area contributed by atoms with Gasteiger partial charge in [-0.25, -0.2) is 4.57 Å².